The molecule has 2 rings (SSSR count). The van der Waals surface area contributed by atoms with Crippen molar-refractivity contribution in [3.05, 3.63) is 59.1 Å². The van der Waals surface area contributed by atoms with E-state index >= 15 is 0 Å². The van der Waals surface area contributed by atoms with Crippen LogP contribution in [0.1, 0.15) is 0 Å². The fourth-order valence-corrected chi connectivity index (χ4v) is 1.88. The average molecular weight is 188 g/mol. The highest BCUT2D eigenvalue weighted by Crippen LogP contribution is 2.29. The Morgan fingerprint density at radius 1 is 0.846 bits per heavy atom. The van der Waals surface area contributed by atoms with Gasteiger partial charge in [-0.25, -0.2) is 0 Å². The van der Waals surface area contributed by atoms with E-state index in [0.717, 1.165) is 10.5 Å². The molecule has 1 aliphatic carbocycles. The van der Waals surface area contributed by atoms with Gasteiger partial charge >= 0.3 is 0 Å². The molecule has 0 spiro atoms. The maximum atomic E-state index is 11.0. The predicted molar refractivity (Wildman–Crippen MR) is 56.2 cm³/mol. The zero-order valence-electron chi connectivity index (χ0n) is 6.94. The summed E-state index contributed by atoms with van der Waals surface area (Å²) in [7, 11) is 0. The van der Waals surface area contributed by atoms with E-state index in [2.05, 4.69) is 0 Å². The van der Waals surface area contributed by atoms with E-state index in [-0.39, 0.29) is 5.12 Å². The Morgan fingerprint density at radius 2 is 1.54 bits per heavy atom. The van der Waals surface area contributed by atoms with Crippen molar-refractivity contribution in [3.63, 3.8) is 0 Å². The van der Waals surface area contributed by atoms with Gasteiger partial charge in [0.05, 0.1) is 0 Å². The molecule has 0 bridgehead atoms. The summed E-state index contributed by atoms with van der Waals surface area (Å²) >= 11 is 1.28. The molecule has 1 nitrogen and oxygen atoms in total. The topological polar surface area (TPSA) is 17.1 Å². The lowest BCUT2D eigenvalue weighted by molar-refractivity contribution is -0.106. The monoisotopic (exact) mass is 188 g/mol. The van der Waals surface area contributed by atoms with Gasteiger partial charge in [0, 0.05) is 4.91 Å². The van der Waals surface area contributed by atoms with Crippen LogP contribution in [-0.2, 0) is 4.79 Å². The summed E-state index contributed by atoms with van der Waals surface area (Å²) in [6, 6.07) is 0. The number of hydrogen-bond donors (Lipinski definition) is 0. The highest BCUT2D eigenvalue weighted by molar-refractivity contribution is 8.17. The fraction of sp³-hybridized carbons (Fsp3) is 0. The summed E-state index contributed by atoms with van der Waals surface area (Å²) in [6.45, 7) is 0. The van der Waals surface area contributed by atoms with Gasteiger partial charge in [-0.05, 0) is 29.5 Å². The third-order valence-corrected chi connectivity index (χ3v) is 2.68. The van der Waals surface area contributed by atoms with Gasteiger partial charge in [-0.2, -0.15) is 0 Å². The smallest absolute Gasteiger partial charge is 0.216 e. The third-order valence-electron chi connectivity index (χ3n) is 1.75. The van der Waals surface area contributed by atoms with Crippen LogP contribution in [0.5, 0.6) is 0 Å². The molecule has 0 saturated carbocycles. The SMILES string of the molecule is O=C1C=CC(=C2C=CC=CC=C2)S1. The van der Waals surface area contributed by atoms with Crippen molar-refractivity contribution in [1.29, 1.82) is 0 Å². The Balaban J connectivity index is 2.34. The molecule has 0 fully saturated rings. The van der Waals surface area contributed by atoms with Crippen LogP contribution in [0.2, 0.25) is 0 Å². The van der Waals surface area contributed by atoms with Gasteiger partial charge < -0.3 is 0 Å². The molecule has 1 aliphatic heterocycles. The van der Waals surface area contributed by atoms with Crippen molar-refractivity contribution < 1.29 is 4.79 Å². The lowest BCUT2D eigenvalue weighted by Crippen LogP contribution is -1.78. The van der Waals surface area contributed by atoms with E-state index in [1.54, 1.807) is 6.08 Å². The molecule has 13 heavy (non-hydrogen) atoms. The summed E-state index contributed by atoms with van der Waals surface area (Å²) in [6.07, 6.45) is 15.4. The van der Waals surface area contributed by atoms with Crippen molar-refractivity contribution in [2.24, 2.45) is 0 Å². The quantitative estimate of drug-likeness (QED) is 0.581. The first-order chi connectivity index (χ1) is 6.36. The zero-order chi connectivity index (χ0) is 9.10. The fourth-order valence-electron chi connectivity index (χ4n) is 1.14. The summed E-state index contributed by atoms with van der Waals surface area (Å²) in [5.41, 5.74) is 1.09. The van der Waals surface area contributed by atoms with Crippen LogP contribution in [0.15, 0.2) is 59.1 Å². The molecule has 64 valence electrons. The molecule has 2 heteroatoms. The standard InChI is InChI=1S/C11H8OS/c12-11-8-7-10(13-11)9-5-3-1-2-4-6-9/h1-8H. The first kappa shape index (κ1) is 8.32. The van der Waals surface area contributed by atoms with Gasteiger partial charge in [0.25, 0.3) is 0 Å². The molecular formula is C11H8OS. The second-order valence-corrected chi connectivity index (χ2v) is 3.72. The molecule has 0 aromatic carbocycles. The van der Waals surface area contributed by atoms with Crippen LogP contribution in [0.3, 0.4) is 0 Å². The number of carbonyl (C=O) groups is 1. The minimum absolute atomic E-state index is 0.113. The van der Waals surface area contributed by atoms with Crippen molar-refractivity contribution in [1.82, 2.24) is 0 Å². The average Bonchev–Trinajstić information content (AvgIpc) is 2.43. The van der Waals surface area contributed by atoms with Crippen molar-refractivity contribution in [2.75, 3.05) is 0 Å². The van der Waals surface area contributed by atoms with Crippen LogP contribution >= 0.6 is 11.8 Å². The van der Waals surface area contributed by atoms with Crippen molar-refractivity contribution in [2.45, 2.75) is 0 Å². The van der Waals surface area contributed by atoms with E-state index in [9.17, 15) is 4.79 Å². The van der Waals surface area contributed by atoms with E-state index < -0.39 is 0 Å². The van der Waals surface area contributed by atoms with Crippen LogP contribution in [0, 0.1) is 0 Å². The molecule has 0 atom stereocenters. The molecule has 0 N–H and O–H groups in total. The van der Waals surface area contributed by atoms with Gasteiger partial charge in [-0.3, -0.25) is 4.79 Å². The van der Waals surface area contributed by atoms with Crippen LogP contribution in [0.25, 0.3) is 0 Å². The predicted octanol–water partition coefficient (Wildman–Crippen LogP) is 2.75. The number of thioether (sulfide) groups is 1. The Hall–Kier alpha value is -1.28. The third kappa shape index (κ3) is 1.90. The zero-order valence-corrected chi connectivity index (χ0v) is 7.75. The van der Waals surface area contributed by atoms with Gasteiger partial charge in [-0.1, -0.05) is 36.5 Å². The van der Waals surface area contributed by atoms with E-state index in [1.807, 2.05) is 42.5 Å². The van der Waals surface area contributed by atoms with Crippen molar-refractivity contribution in [3.8, 4) is 0 Å². The summed E-state index contributed by atoms with van der Waals surface area (Å²) in [5.74, 6) is 0. The van der Waals surface area contributed by atoms with Crippen molar-refractivity contribution >= 4 is 16.9 Å². The Morgan fingerprint density at radius 3 is 2.08 bits per heavy atom. The molecule has 1 heterocycles. The molecule has 2 aliphatic rings. The first-order valence-corrected chi connectivity index (χ1v) is 4.83. The van der Waals surface area contributed by atoms with Gasteiger partial charge in [0.15, 0.2) is 0 Å². The maximum Gasteiger partial charge on any atom is 0.216 e. The summed E-state index contributed by atoms with van der Waals surface area (Å²) in [5, 5.41) is 0.113. The summed E-state index contributed by atoms with van der Waals surface area (Å²) < 4.78 is 0. The minimum Gasteiger partial charge on any atom is -0.282 e. The normalized spacial score (nSPS) is 20.2. The van der Waals surface area contributed by atoms with E-state index in [1.165, 1.54) is 11.8 Å². The van der Waals surface area contributed by atoms with Gasteiger partial charge in [-0.15, -0.1) is 0 Å². The molecule has 0 aromatic heterocycles. The highest BCUT2D eigenvalue weighted by Gasteiger charge is 2.11. The van der Waals surface area contributed by atoms with Crippen LogP contribution in [-0.4, -0.2) is 5.12 Å². The number of hydrogen-bond acceptors (Lipinski definition) is 2. The molecule has 0 radical (unpaired) electrons. The Bertz CT molecular complexity index is 363. The number of carbonyl (C=O) groups excluding carboxylic acids is 1. The lowest BCUT2D eigenvalue weighted by atomic mass is 10.2. The number of allylic oxidation sites excluding steroid dienone is 8. The van der Waals surface area contributed by atoms with Crippen LogP contribution in [0.4, 0.5) is 0 Å². The first-order valence-electron chi connectivity index (χ1n) is 4.02. The second kappa shape index (κ2) is 3.62. The lowest BCUT2D eigenvalue weighted by Gasteiger charge is -1.96. The Kier molecular flexibility index (Phi) is 2.32. The molecule has 0 unspecified atom stereocenters. The Labute approximate surface area is 81.2 Å². The highest BCUT2D eigenvalue weighted by atomic mass is 32.2. The van der Waals surface area contributed by atoms with E-state index in [0.29, 0.717) is 0 Å². The molecule has 0 amide bonds. The minimum atomic E-state index is 0.113. The molecule has 0 saturated heterocycles. The largest absolute Gasteiger partial charge is 0.282 e. The number of rotatable bonds is 0. The van der Waals surface area contributed by atoms with E-state index in [4.69, 9.17) is 0 Å². The van der Waals surface area contributed by atoms with Crippen LogP contribution < -0.4 is 0 Å². The van der Waals surface area contributed by atoms with Gasteiger partial charge in [0.1, 0.15) is 0 Å². The molecule has 0 aromatic rings. The molecular weight excluding hydrogens is 180 g/mol. The maximum absolute atomic E-state index is 11.0. The summed E-state index contributed by atoms with van der Waals surface area (Å²) in [4.78, 5) is 12.0. The second-order valence-electron chi connectivity index (χ2n) is 2.68. The van der Waals surface area contributed by atoms with Gasteiger partial charge in [0.2, 0.25) is 5.12 Å².